The monoisotopic (exact) mass is 468 g/mol. The summed E-state index contributed by atoms with van der Waals surface area (Å²) in [6.07, 6.45) is 4.17. The molecule has 1 saturated heterocycles. The van der Waals surface area contributed by atoms with Crippen molar-refractivity contribution < 1.29 is 9.53 Å². The Balaban J connectivity index is 1.45. The van der Waals surface area contributed by atoms with Crippen molar-refractivity contribution in [2.75, 3.05) is 40.3 Å². The number of likely N-dealkylation sites (N-methyl/N-ethyl adjacent to an activating group) is 1. The molecule has 0 spiro atoms. The van der Waals surface area contributed by atoms with E-state index in [1.165, 1.54) is 11.1 Å². The van der Waals surface area contributed by atoms with Crippen molar-refractivity contribution in [2.24, 2.45) is 5.92 Å². The number of hydrogen-bond acceptors (Lipinski definition) is 3. The van der Waals surface area contributed by atoms with Gasteiger partial charge in [0.2, 0.25) is 5.91 Å². The fourth-order valence-corrected chi connectivity index (χ4v) is 6.11. The number of rotatable bonds is 7. The number of carbonyl (C=O) groups is 1. The first-order valence-corrected chi connectivity index (χ1v) is 12.9. The second kappa shape index (κ2) is 10.2. The van der Waals surface area contributed by atoms with Crippen molar-refractivity contribution in [2.45, 2.75) is 31.1 Å². The van der Waals surface area contributed by atoms with Crippen LogP contribution >= 0.6 is 0 Å². The highest BCUT2D eigenvalue weighted by Crippen LogP contribution is 2.44. The number of benzene rings is 3. The molecule has 3 aromatic carbocycles. The number of amides is 1. The number of hydrogen-bond donors (Lipinski definition) is 0. The molecule has 0 aliphatic carbocycles. The van der Waals surface area contributed by atoms with Crippen molar-refractivity contribution in [3.8, 4) is 5.75 Å². The molecule has 35 heavy (non-hydrogen) atoms. The van der Waals surface area contributed by atoms with Crippen LogP contribution in [0.4, 0.5) is 0 Å². The molecule has 1 amide bonds. The van der Waals surface area contributed by atoms with Gasteiger partial charge in [-0.3, -0.25) is 4.79 Å². The topological polar surface area (TPSA) is 32.8 Å². The molecular formula is C31H36N2O2. The summed E-state index contributed by atoms with van der Waals surface area (Å²) in [5.74, 6) is 1.41. The van der Waals surface area contributed by atoms with E-state index in [2.05, 4.69) is 71.6 Å². The minimum atomic E-state index is -0.699. The fraction of sp³-hybridized carbons (Fsp3) is 0.387. The van der Waals surface area contributed by atoms with Crippen LogP contribution in [0.15, 0.2) is 78.9 Å². The van der Waals surface area contributed by atoms with Gasteiger partial charge in [0.15, 0.2) is 0 Å². The number of likely N-dealkylation sites (tertiary alicyclic amines) is 1. The second-order valence-electron chi connectivity index (χ2n) is 10.2. The Morgan fingerprint density at radius 2 is 1.69 bits per heavy atom. The molecule has 3 aromatic rings. The maximum atomic E-state index is 14.2. The molecule has 0 unspecified atom stereocenters. The third kappa shape index (κ3) is 4.60. The van der Waals surface area contributed by atoms with Gasteiger partial charge in [-0.2, -0.15) is 0 Å². The molecule has 0 saturated carbocycles. The summed E-state index contributed by atoms with van der Waals surface area (Å²) < 4.78 is 5.68. The Morgan fingerprint density at radius 1 is 1.00 bits per heavy atom. The van der Waals surface area contributed by atoms with Gasteiger partial charge >= 0.3 is 0 Å². The fourth-order valence-electron chi connectivity index (χ4n) is 6.11. The Labute approximate surface area is 209 Å². The number of nitrogens with zero attached hydrogens (tertiary/aromatic N) is 2. The number of fused-ring (bicyclic) bond motifs is 1. The molecule has 4 nitrogen and oxygen atoms in total. The van der Waals surface area contributed by atoms with E-state index in [1.54, 1.807) is 4.90 Å². The molecule has 0 bridgehead atoms. The van der Waals surface area contributed by atoms with E-state index in [-0.39, 0.29) is 11.8 Å². The maximum absolute atomic E-state index is 14.2. The van der Waals surface area contributed by atoms with Crippen molar-refractivity contribution in [1.82, 2.24) is 9.80 Å². The van der Waals surface area contributed by atoms with Crippen molar-refractivity contribution >= 4 is 5.91 Å². The predicted octanol–water partition coefficient (Wildman–Crippen LogP) is 4.95. The van der Waals surface area contributed by atoms with Gasteiger partial charge in [-0.15, -0.1) is 0 Å². The van der Waals surface area contributed by atoms with Gasteiger partial charge < -0.3 is 14.5 Å². The van der Waals surface area contributed by atoms with Crippen molar-refractivity contribution in [1.29, 1.82) is 0 Å². The summed E-state index contributed by atoms with van der Waals surface area (Å²) in [6.45, 7) is 3.80. The molecule has 0 aromatic heterocycles. The molecule has 2 heterocycles. The lowest BCUT2D eigenvalue weighted by molar-refractivity contribution is -0.136. The average Bonchev–Trinajstić information content (AvgIpc) is 3.37. The van der Waals surface area contributed by atoms with E-state index in [4.69, 9.17) is 4.74 Å². The third-order valence-corrected chi connectivity index (χ3v) is 7.79. The number of piperidine rings is 1. The Kier molecular flexibility index (Phi) is 6.92. The molecule has 4 heteroatoms. The van der Waals surface area contributed by atoms with E-state index in [0.29, 0.717) is 0 Å². The third-order valence-electron chi connectivity index (χ3n) is 7.79. The molecule has 5 rings (SSSR count). The minimum Gasteiger partial charge on any atom is -0.493 e. The normalized spacial score (nSPS) is 18.1. The first-order valence-electron chi connectivity index (χ1n) is 12.9. The van der Waals surface area contributed by atoms with Gasteiger partial charge in [0, 0.05) is 33.6 Å². The lowest BCUT2D eigenvalue weighted by Crippen LogP contribution is -2.54. The zero-order valence-electron chi connectivity index (χ0n) is 21.0. The van der Waals surface area contributed by atoms with Crippen LogP contribution < -0.4 is 4.74 Å². The molecule has 0 N–H and O–H groups in total. The highest BCUT2D eigenvalue weighted by Gasteiger charge is 2.50. The predicted molar refractivity (Wildman–Crippen MR) is 141 cm³/mol. The first-order chi connectivity index (χ1) is 17.1. The molecule has 1 fully saturated rings. The summed E-state index contributed by atoms with van der Waals surface area (Å²) in [6, 6.07) is 27.5. The summed E-state index contributed by atoms with van der Waals surface area (Å²) in [5, 5.41) is 0. The first kappa shape index (κ1) is 23.6. The van der Waals surface area contributed by atoms with E-state index in [1.807, 2.05) is 26.2 Å². The summed E-state index contributed by atoms with van der Waals surface area (Å²) in [5.41, 5.74) is 4.20. The van der Waals surface area contributed by atoms with E-state index in [0.717, 1.165) is 68.8 Å². The molecule has 2 aliphatic heterocycles. The van der Waals surface area contributed by atoms with Crippen molar-refractivity contribution in [3.05, 3.63) is 101 Å². The standard InChI is InChI=1S/C31H36N2O2/c1-32(2)30(34)31(26-10-5-3-6-11-26,27-12-7-4-8-13-27)28-14-9-19-33(23-28)20-17-24-15-16-29-25(22-24)18-21-35-29/h3-8,10-13,15-16,22,28H,9,14,17-21,23H2,1-2H3/t28-/m0/s1. The summed E-state index contributed by atoms with van der Waals surface area (Å²) >= 11 is 0. The van der Waals surface area contributed by atoms with Crippen LogP contribution in [0, 0.1) is 5.92 Å². The van der Waals surface area contributed by atoms with Gasteiger partial charge in [-0.25, -0.2) is 0 Å². The number of ether oxygens (including phenoxy) is 1. The van der Waals surface area contributed by atoms with Crippen LogP contribution in [-0.4, -0.2) is 56.0 Å². The smallest absolute Gasteiger partial charge is 0.237 e. The highest BCUT2D eigenvalue weighted by atomic mass is 16.5. The SMILES string of the molecule is CN(C)C(=O)C(c1ccccc1)(c1ccccc1)[C@H]1CCCN(CCc2ccc3c(c2)CCO3)C1. The van der Waals surface area contributed by atoms with Crippen LogP contribution in [-0.2, 0) is 23.1 Å². The molecular weight excluding hydrogens is 432 g/mol. The second-order valence-corrected chi connectivity index (χ2v) is 10.2. The lowest BCUT2D eigenvalue weighted by Gasteiger charge is -2.46. The molecule has 182 valence electrons. The van der Waals surface area contributed by atoms with E-state index >= 15 is 0 Å². The summed E-state index contributed by atoms with van der Waals surface area (Å²) in [7, 11) is 3.78. The Hall–Kier alpha value is -3.11. The average molecular weight is 469 g/mol. The van der Waals surface area contributed by atoms with Crippen LogP contribution in [0.2, 0.25) is 0 Å². The quantitative estimate of drug-likeness (QED) is 0.492. The number of carbonyl (C=O) groups excluding carboxylic acids is 1. The Morgan fingerprint density at radius 3 is 2.34 bits per heavy atom. The van der Waals surface area contributed by atoms with Gasteiger partial charge in [0.1, 0.15) is 11.2 Å². The van der Waals surface area contributed by atoms with E-state index < -0.39 is 5.41 Å². The van der Waals surface area contributed by atoms with Crippen LogP contribution in [0.3, 0.4) is 0 Å². The van der Waals surface area contributed by atoms with Gasteiger partial charge in [0.25, 0.3) is 0 Å². The highest BCUT2D eigenvalue weighted by molar-refractivity contribution is 5.92. The molecule has 0 radical (unpaired) electrons. The zero-order chi connectivity index (χ0) is 24.3. The minimum absolute atomic E-state index is 0.167. The molecule has 2 aliphatic rings. The largest absolute Gasteiger partial charge is 0.493 e. The van der Waals surface area contributed by atoms with Crippen LogP contribution in [0.5, 0.6) is 5.75 Å². The van der Waals surface area contributed by atoms with Gasteiger partial charge in [-0.05, 0) is 60.0 Å². The van der Waals surface area contributed by atoms with Gasteiger partial charge in [0.05, 0.1) is 6.61 Å². The van der Waals surface area contributed by atoms with Gasteiger partial charge in [-0.1, -0.05) is 72.8 Å². The van der Waals surface area contributed by atoms with Crippen LogP contribution in [0.25, 0.3) is 0 Å². The van der Waals surface area contributed by atoms with E-state index in [9.17, 15) is 4.79 Å². The zero-order valence-corrected chi connectivity index (χ0v) is 21.0. The van der Waals surface area contributed by atoms with Crippen molar-refractivity contribution in [3.63, 3.8) is 0 Å². The Bertz CT molecular complexity index is 1100. The maximum Gasteiger partial charge on any atom is 0.237 e. The summed E-state index contributed by atoms with van der Waals surface area (Å²) in [4.78, 5) is 18.5. The van der Waals surface area contributed by atoms with Crippen LogP contribution in [0.1, 0.15) is 35.1 Å². The lowest BCUT2D eigenvalue weighted by atomic mass is 9.62. The molecule has 1 atom stereocenters.